The van der Waals surface area contributed by atoms with Gasteiger partial charge in [-0.05, 0) is 24.3 Å². The largest absolute Gasteiger partial charge is 0.308 e. The molecule has 0 amide bonds. The molecule has 0 aromatic carbocycles. The second-order valence-electron chi connectivity index (χ2n) is 4.20. The number of nitrogens with two attached hydrogens (primary N) is 1. The fourth-order valence-electron chi connectivity index (χ4n) is 2.35. The van der Waals surface area contributed by atoms with E-state index in [1.54, 1.807) is 11.3 Å². The minimum absolute atomic E-state index is 0.526. The number of aromatic nitrogens is 2. The van der Waals surface area contributed by atoms with E-state index in [0.29, 0.717) is 5.92 Å². The molecule has 4 nitrogen and oxygen atoms in total. The van der Waals surface area contributed by atoms with Gasteiger partial charge in [-0.15, -0.1) is 11.3 Å². The first-order valence-corrected chi connectivity index (χ1v) is 6.48. The Bertz CT molecular complexity index is 502. The average molecular weight is 234 g/mol. The molecule has 3 rings (SSSR count). The number of rotatable bonds is 2. The van der Waals surface area contributed by atoms with Gasteiger partial charge in [-0.1, -0.05) is 12.8 Å². The minimum Gasteiger partial charge on any atom is -0.308 e. The fourth-order valence-corrected chi connectivity index (χ4v) is 3.12. The average Bonchev–Trinajstić information content (AvgIpc) is 2.97. The van der Waals surface area contributed by atoms with Crippen molar-refractivity contribution in [3.63, 3.8) is 0 Å². The molecule has 1 aliphatic rings. The first-order chi connectivity index (χ1) is 7.88. The molecular weight excluding hydrogens is 220 g/mol. The van der Waals surface area contributed by atoms with Crippen LogP contribution in [0.4, 0.5) is 5.82 Å². The van der Waals surface area contributed by atoms with Gasteiger partial charge < -0.3 is 5.43 Å². The van der Waals surface area contributed by atoms with Crippen molar-refractivity contribution in [1.82, 2.24) is 9.97 Å². The summed E-state index contributed by atoms with van der Waals surface area (Å²) in [6, 6.07) is 2.01. The molecule has 0 radical (unpaired) electrons. The second-order valence-corrected chi connectivity index (χ2v) is 5.09. The van der Waals surface area contributed by atoms with E-state index in [4.69, 9.17) is 5.84 Å². The Morgan fingerprint density at radius 2 is 2.12 bits per heavy atom. The number of hydrogen-bond acceptors (Lipinski definition) is 5. The molecule has 5 heteroatoms. The highest BCUT2D eigenvalue weighted by Crippen LogP contribution is 2.34. The number of hydrazine groups is 1. The number of anilines is 1. The molecule has 0 spiro atoms. The Kier molecular flexibility index (Phi) is 2.49. The summed E-state index contributed by atoms with van der Waals surface area (Å²) in [7, 11) is 0. The van der Waals surface area contributed by atoms with Crippen LogP contribution in [0.5, 0.6) is 0 Å². The number of nitrogens with one attached hydrogen (secondary N) is 1. The van der Waals surface area contributed by atoms with Crippen LogP contribution in [0.1, 0.15) is 37.4 Å². The van der Waals surface area contributed by atoms with Gasteiger partial charge in [-0.2, -0.15) is 0 Å². The van der Waals surface area contributed by atoms with Crippen LogP contribution in [0.3, 0.4) is 0 Å². The molecule has 0 bridgehead atoms. The Hall–Kier alpha value is -1.20. The Morgan fingerprint density at radius 3 is 2.88 bits per heavy atom. The van der Waals surface area contributed by atoms with Crippen molar-refractivity contribution in [3.05, 3.63) is 17.3 Å². The highest BCUT2D eigenvalue weighted by atomic mass is 32.1. The molecule has 0 atom stereocenters. The van der Waals surface area contributed by atoms with E-state index in [2.05, 4.69) is 15.4 Å². The monoisotopic (exact) mass is 234 g/mol. The predicted molar refractivity (Wildman–Crippen MR) is 66.4 cm³/mol. The van der Waals surface area contributed by atoms with E-state index in [1.165, 1.54) is 25.7 Å². The Morgan fingerprint density at radius 1 is 1.31 bits per heavy atom. The van der Waals surface area contributed by atoms with E-state index in [1.807, 2.05) is 11.4 Å². The molecule has 0 unspecified atom stereocenters. The van der Waals surface area contributed by atoms with Crippen molar-refractivity contribution in [2.45, 2.75) is 31.6 Å². The summed E-state index contributed by atoms with van der Waals surface area (Å²) in [6.07, 6.45) is 5.01. The molecule has 3 N–H and O–H groups in total. The maximum absolute atomic E-state index is 5.51. The SMILES string of the molecule is NNc1nc(C2CCCC2)nc2sccc12. The zero-order valence-electron chi connectivity index (χ0n) is 8.94. The lowest BCUT2D eigenvalue weighted by molar-refractivity contribution is 0.674. The lowest BCUT2D eigenvalue weighted by Gasteiger charge is -2.09. The lowest BCUT2D eigenvalue weighted by Crippen LogP contribution is -2.11. The van der Waals surface area contributed by atoms with Gasteiger partial charge in [-0.25, -0.2) is 15.8 Å². The normalized spacial score (nSPS) is 17.1. The molecule has 1 saturated carbocycles. The molecule has 2 aromatic rings. The van der Waals surface area contributed by atoms with Crippen LogP contribution in [0.15, 0.2) is 11.4 Å². The standard InChI is InChI=1S/C11H14N4S/c12-15-10-8-5-6-16-11(8)14-9(13-10)7-3-1-2-4-7/h5-7H,1-4,12H2,(H,13,14,15). The topological polar surface area (TPSA) is 63.8 Å². The van der Waals surface area contributed by atoms with Gasteiger partial charge in [0.05, 0.1) is 5.39 Å². The number of fused-ring (bicyclic) bond motifs is 1. The van der Waals surface area contributed by atoms with Gasteiger partial charge in [0.1, 0.15) is 10.7 Å². The maximum Gasteiger partial charge on any atom is 0.152 e. The van der Waals surface area contributed by atoms with Crippen LogP contribution in [0.25, 0.3) is 10.2 Å². The highest BCUT2D eigenvalue weighted by molar-refractivity contribution is 7.16. The van der Waals surface area contributed by atoms with E-state index in [-0.39, 0.29) is 0 Å². The third-order valence-electron chi connectivity index (χ3n) is 3.20. The van der Waals surface area contributed by atoms with Crippen molar-refractivity contribution in [2.75, 3.05) is 5.43 Å². The zero-order valence-corrected chi connectivity index (χ0v) is 9.76. The van der Waals surface area contributed by atoms with Crippen molar-refractivity contribution < 1.29 is 0 Å². The van der Waals surface area contributed by atoms with Gasteiger partial charge in [0.25, 0.3) is 0 Å². The Balaban J connectivity index is 2.10. The molecule has 1 fully saturated rings. The summed E-state index contributed by atoms with van der Waals surface area (Å²) in [4.78, 5) is 10.2. The first kappa shape index (κ1) is 9.99. The summed E-state index contributed by atoms with van der Waals surface area (Å²) in [5, 5.41) is 3.05. The fraction of sp³-hybridized carbons (Fsp3) is 0.455. The second kappa shape index (κ2) is 3.99. The molecule has 2 aromatic heterocycles. The summed E-state index contributed by atoms with van der Waals surface area (Å²) >= 11 is 1.64. The predicted octanol–water partition coefficient (Wildman–Crippen LogP) is 2.63. The molecule has 2 heterocycles. The summed E-state index contributed by atoms with van der Waals surface area (Å²) in [5.41, 5.74) is 2.68. The van der Waals surface area contributed by atoms with E-state index in [9.17, 15) is 0 Å². The molecule has 0 saturated heterocycles. The summed E-state index contributed by atoms with van der Waals surface area (Å²) in [5.74, 6) is 7.75. The molecule has 1 aliphatic carbocycles. The van der Waals surface area contributed by atoms with Gasteiger partial charge >= 0.3 is 0 Å². The zero-order chi connectivity index (χ0) is 11.0. The first-order valence-electron chi connectivity index (χ1n) is 5.60. The number of hydrogen-bond donors (Lipinski definition) is 2. The van der Waals surface area contributed by atoms with Crippen LogP contribution >= 0.6 is 11.3 Å². The van der Waals surface area contributed by atoms with E-state index < -0.39 is 0 Å². The van der Waals surface area contributed by atoms with Crippen LogP contribution in [0.2, 0.25) is 0 Å². The van der Waals surface area contributed by atoms with Crippen LogP contribution in [0, 0.1) is 0 Å². The summed E-state index contributed by atoms with van der Waals surface area (Å²) < 4.78 is 0. The third kappa shape index (κ3) is 1.56. The van der Waals surface area contributed by atoms with Crippen molar-refractivity contribution in [1.29, 1.82) is 0 Å². The quantitative estimate of drug-likeness (QED) is 0.619. The van der Waals surface area contributed by atoms with Crippen molar-refractivity contribution in [2.24, 2.45) is 5.84 Å². The Labute approximate surface area is 97.9 Å². The molecule has 0 aliphatic heterocycles. The number of thiophene rings is 1. The van der Waals surface area contributed by atoms with Crippen LogP contribution in [-0.2, 0) is 0 Å². The van der Waals surface area contributed by atoms with E-state index >= 15 is 0 Å². The van der Waals surface area contributed by atoms with Gasteiger partial charge in [-0.3, -0.25) is 0 Å². The lowest BCUT2D eigenvalue weighted by atomic mass is 10.1. The van der Waals surface area contributed by atoms with Crippen molar-refractivity contribution in [3.8, 4) is 0 Å². The smallest absolute Gasteiger partial charge is 0.152 e. The van der Waals surface area contributed by atoms with E-state index in [0.717, 1.165) is 21.9 Å². The minimum atomic E-state index is 0.526. The number of nitrogen functional groups attached to an aromatic ring is 1. The highest BCUT2D eigenvalue weighted by Gasteiger charge is 2.21. The van der Waals surface area contributed by atoms with Gasteiger partial charge in [0, 0.05) is 5.92 Å². The molecular formula is C11H14N4S. The van der Waals surface area contributed by atoms with Crippen molar-refractivity contribution >= 4 is 27.4 Å². The van der Waals surface area contributed by atoms with Crippen LogP contribution in [-0.4, -0.2) is 9.97 Å². The third-order valence-corrected chi connectivity index (χ3v) is 4.01. The summed E-state index contributed by atoms with van der Waals surface area (Å²) in [6.45, 7) is 0. The van der Waals surface area contributed by atoms with Crippen LogP contribution < -0.4 is 11.3 Å². The molecule has 16 heavy (non-hydrogen) atoms. The van der Waals surface area contributed by atoms with Gasteiger partial charge in [0.15, 0.2) is 5.82 Å². The molecule has 84 valence electrons. The van der Waals surface area contributed by atoms with Gasteiger partial charge in [0.2, 0.25) is 0 Å². The number of nitrogens with zero attached hydrogens (tertiary/aromatic N) is 2. The maximum atomic E-state index is 5.51.